The molecule has 0 aliphatic heterocycles. The van der Waals surface area contributed by atoms with Crippen LogP contribution in [-0.4, -0.2) is 30.7 Å². The zero-order chi connectivity index (χ0) is 19.9. The third kappa shape index (κ3) is 4.15. The average Bonchev–Trinajstić information content (AvgIpc) is 2.99. The Balaban J connectivity index is 1.80. The molecule has 2 aromatic heterocycles. The first-order valence-corrected chi connectivity index (χ1v) is 9.94. The normalized spacial score (nSPS) is 22.6. The van der Waals surface area contributed by atoms with Gasteiger partial charge in [0.15, 0.2) is 5.78 Å². The quantitative estimate of drug-likeness (QED) is 0.808. The van der Waals surface area contributed by atoms with Gasteiger partial charge in [-0.2, -0.15) is 5.10 Å². The molecule has 1 saturated carbocycles. The van der Waals surface area contributed by atoms with Crippen LogP contribution in [0.3, 0.4) is 0 Å². The van der Waals surface area contributed by atoms with Gasteiger partial charge in [-0.05, 0) is 49.7 Å². The Morgan fingerprint density at radius 1 is 1.30 bits per heavy atom. The van der Waals surface area contributed by atoms with Crippen LogP contribution in [-0.2, 0) is 11.3 Å². The van der Waals surface area contributed by atoms with E-state index in [1.165, 1.54) is 4.68 Å². The van der Waals surface area contributed by atoms with Gasteiger partial charge in [-0.15, -0.1) is 0 Å². The molecule has 6 nitrogen and oxygen atoms in total. The van der Waals surface area contributed by atoms with Gasteiger partial charge in [-0.25, -0.2) is 4.68 Å². The number of carbonyl (C=O) groups is 1. The number of hydrogen-bond donors (Lipinski definition) is 1. The second-order valence-electron chi connectivity index (χ2n) is 9.01. The Kier molecular flexibility index (Phi) is 5.30. The summed E-state index contributed by atoms with van der Waals surface area (Å²) in [4.78, 5) is 25.3. The van der Waals surface area contributed by atoms with Crippen molar-refractivity contribution in [2.24, 2.45) is 5.92 Å². The molecule has 1 aliphatic carbocycles. The third-order valence-electron chi connectivity index (χ3n) is 5.56. The lowest BCUT2D eigenvalue weighted by Crippen LogP contribution is -2.41. The maximum atomic E-state index is 12.9. The van der Waals surface area contributed by atoms with Crippen molar-refractivity contribution in [3.63, 3.8) is 0 Å². The predicted molar refractivity (Wildman–Crippen MR) is 105 cm³/mol. The lowest BCUT2D eigenvalue weighted by atomic mass is 9.70. The average molecular weight is 373 g/mol. The molecular formula is C21H31N3O3. The molecule has 0 amide bonds. The van der Waals surface area contributed by atoms with Crippen molar-refractivity contribution in [3.05, 3.63) is 34.0 Å². The number of carbonyl (C=O) groups excluding carboxylic acids is 1. The summed E-state index contributed by atoms with van der Waals surface area (Å²) in [5, 5.41) is 14.3. The van der Waals surface area contributed by atoms with Crippen molar-refractivity contribution in [3.8, 4) is 0 Å². The van der Waals surface area contributed by atoms with Gasteiger partial charge in [-0.3, -0.25) is 14.0 Å². The predicted octanol–water partition coefficient (Wildman–Crippen LogP) is 3.25. The van der Waals surface area contributed by atoms with Crippen LogP contribution in [0.2, 0.25) is 0 Å². The van der Waals surface area contributed by atoms with Gasteiger partial charge in [0.05, 0.1) is 5.60 Å². The van der Waals surface area contributed by atoms with Crippen molar-refractivity contribution in [1.82, 2.24) is 14.2 Å². The van der Waals surface area contributed by atoms with Gasteiger partial charge >= 0.3 is 0 Å². The van der Waals surface area contributed by atoms with Gasteiger partial charge in [0.1, 0.15) is 17.9 Å². The molecule has 1 N–H and O–H groups in total. The van der Waals surface area contributed by atoms with Crippen molar-refractivity contribution in [2.45, 2.75) is 84.3 Å². The fourth-order valence-electron chi connectivity index (χ4n) is 4.00. The summed E-state index contributed by atoms with van der Waals surface area (Å²) in [6.45, 7) is 10.1. The summed E-state index contributed by atoms with van der Waals surface area (Å²) in [6.07, 6.45) is 4.69. The highest BCUT2D eigenvalue weighted by Gasteiger charge is 2.37. The molecule has 2 aromatic rings. The summed E-state index contributed by atoms with van der Waals surface area (Å²) in [7, 11) is 0. The van der Waals surface area contributed by atoms with Gasteiger partial charge in [-0.1, -0.05) is 27.7 Å². The number of rotatable bonds is 7. The number of aromatic nitrogens is 3. The first kappa shape index (κ1) is 19.8. The Bertz CT molecular complexity index is 897. The topological polar surface area (TPSA) is 76.6 Å². The van der Waals surface area contributed by atoms with E-state index < -0.39 is 5.60 Å². The lowest BCUT2D eigenvalue weighted by Gasteiger charge is -2.41. The molecule has 0 spiro atoms. The Morgan fingerprint density at radius 3 is 2.52 bits per heavy atom. The minimum Gasteiger partial charge on any atom is -0.390 e. The van der Waals surface area contributed by atoms with Crippen molar-refractivity contribution in [1.29, 1.82) is 0 Å². The molecule has 0 radical (unpaired) electrons. The van der Waals surface area contributed by atoms with Crippen LogP contribution in [0.1, 0.15) is 83.5 Å². The Morgan fingerprint density at radius 2 is 1.96 bits per heavy atom. The minimum absolute atomic E-state index is 0.0142. The number of Topliss-reactive ketones (excluding diaryl/α,β-unsaturated/α-hetero) is 1. The van der Waals surface area contributed by atoms with Gasteiger partial charge in [0.2, 0.25) is 0 Å². The van der Waals surface area contributed by atoms with E-state index in [4.69, 9.17) is 0 Å². The van der Waals surface area contributed by atoms with E-state index in [1.807, 2.05) is 37.4 Å². The molecular weight excluding hydrogens is 342 g/mol. The molecule has 6 heteroatoms. The number of nitrogens with zero attached hydrogens (tertiary/aromatic N) is 3. The van der Waals surface area contributed by atoms with E-state index >= 15 is 0 Å². The van der Waals surface area contributed by atoms with Crippen LogP contribution in [0.4, 0.5) is 0 Å². The smallest absolute Gasteiger partial charge is 0.291 e. The van der Waals surface area contributed by atoms with Gasteiger partial charge in [0, 0.05) is 18.5 Å². The summed E-state index contributed by atoms with van der Waals surface area (Å²) in [6, 6.07) is 1.91. The Labute approximate surface area is 160 Å². The highest BCUT2D eigenvalue weighted by Crippen LogP contribution is 2.39. The van der Waals surface area contributed by atoms with Crippen molar-refractivity contribution in [2.75, 3.05) is 0 Å². The molecule has 0 unspecified atom stereocenters. The van der Waals surface area contributed by atoms with Crippen LogP contribution >= 0.6 is 0 Å². The van der Waals surface area contributed by atoms with Crippen LogP contribution in [0, 0.1) is 5.92 Å². The molecule has 0 saturated heterocycles. The van der Waals surface area contributed by atoms with Gasteiger partial charge in [0.25, 0.3) is 5.56 Å². The maximum Gasteiger partial charge on any atom is 0.291 e. The highest BCUT2D eigenvalue weighted by atomic mass is 16.3. The number of aliphatic hydroxyl groups is 1. The fourth-order valence-corrected chi connectivity index (χ4v) is 4.00. The van der Waals surface area contributed by atoms with E-state index in [0.29, 0.717) is 23.8 Å². The maximum absolute atomic E-state index is 12.9. The van der Waals surface area contributed by atoms with E-state index in [2.05, 4.69) is 18.9 Å². The van der Waals surface area contributed by atoms with Crippen LogP contribution in [0.5, 0.6) is 0 Å². The van der Waals surface area contributed by atoms with E-state index in [1.54, 1.807) is 0 Å². The van der Waals surface area contributed by atoms with Crippen molar-refractivity contribution >= 4 is 11.3 Å². The second-order valence-corrected chi connectivity index (χ2v) is 9.01. The summed E-state index contributed by atoms with van der Waals surface area (Å²) >= 11 is 0. The standard InChI is InChI=1S/C21H31N3O3/c1-13(2)16-8-18-20(26)24(22-19(14(3)4)23(18)11-16)12-17(25)7-6-15-9-21(5,27)10-15/h8,11,13-15,27H,6-7,9-10,12H2,1-5H3/t15-,21+. The summed E-state index contributed by atoms with van der Waals surface area (Å²) in [5.41, 5.74) is 0.899. The molecule has 0 aromatic carbocycles. The van der Waals surface area contributed by atoms with E-state index in [0.717, 1.165) is 30.7 Å². The molecule has 3 rings (SSSR count). The number of ketones is 1. The molecule has 0 bridgehead atoms. The monoisotopic (exact) mass is 373 g/mol. The first-order chi connectivity index (χ1) is 12.6. The zero-order valence-corrected chi connectivity index (χ0v) is 17.0. The van der Waals surface area contributed by atoms with Crippen LogP contribution in [0.15, 0.2) is 17.1 Å². The van der Waals surface area contributed by atoms with E-state index in [-0.39, 0.29) is 23.8 Å². The molecule has 27 heavy (non-hydrogen) atoms. The van der Waals surface area contributed by atoms with Gasteiger partial charge < -0.3 is 5.11 Å². The molecule has 1 aliphatic rings. The summed E-state index contributed by atoms with van der Waals surface area (Å²) in [5.74, 6) is 1.67. The van der Waals surface area contributed by atoms with Crippen LogP contribution in [0.25, 0.3) is 5.52 Å². The number of fused-ring (bicyclic) bond motifs is 1. The van der Waals surface area contributed by atoms with Crippen molar-refractivity contribution < 1.29 is 9.90 Å². The minimum atomic E-state index is -0.563. The summed E-state index contributed by atoms with van der Waals surface area (Å²) < 4.78 is 3.20. The molecule has 1 fully saturated rings. The first-order valence-electron chi connectivity index (χ1n) is 9.94. The molecule has 148 valence electrons. The molecule has 2 heterocycles. The lowest BCUT2D eigenvalue weighted by molar-refractivity contribution is -0.121. The highest BCUT2D eigenvalue weighted by molar-refractivity contribution is 5.78. The Hall–Kier alpha value is -1.95. The van der Waals surface area contributed by atoms with Crippen LogP contribution < -0.4 is 5.56 Å². The zero-order valence-electron chi connectivity index (χ0n) is 17.0. The second kappa shape index (κ2) is 7.23. The third-order valence-corrected chi connectivity index (χ3v) is 5.56. The fraction of sp³-hybridized carbons (Fsp3) is 0.667. The SMILES string of the molecule is CC(C)c1cc2c(=O)n(CC(=O)CC[C@H]3C[C@@](C)(O)C3)nc(C(C)C)n2c1. The molecule has 0 atom stereocenters. The largest absolute Gasteiger partial charge is 0.390 e. The number of hydrogen-bond acceptors (Lipinski definition) is 4. The van der Waals surface area contributed by atoms with E-state index in [9.17, 15) is 14.7 Å².